The zero-order valence-electron chi connectivity index (χ0n) is 20.3. The Morgan fingerprint density at radius 3 is 2.71 bits per heavy atom. The van der Waals surface area contributed by atoms with Crippen LogP contribution in [-0.2, 0) is 17.8 Å². The van der Waals surface area contributed by atoms with Crippen molar-refractivity contribution in [1.29, 1.82) is 0 Å². The Morgan fingerprint density at radius 1 is 1.15 bits per heavy atom. The standard InChI is InChI=1S/C28H32N2O4/c1-5-26(31)30-14-13-20-9-10-22(16-24(20)27(30)21-8-6-7-19(4)15-21)33-17-23-11-12-25(34-23)28(32)29-18(2)3/h6-12,15-16,18,27H,5,13-14,17H2,1-4H3,(H,29,32)/t27-/m0/s1. The van der Waals surface area contributed by atoms with Gasteiger partial charge in [-0.05, 0) is 68.1 Å². The van der Waals surface area contributed by atoms with Gasteiger partial charge in [0.2, 0.25) is 5.91 Å². The number of hydrogen-bond donors (Lipinski definition) is 1. The van der Waals surface area contributed by atoms with E-state index in [1.54, 1.807) is 12.1 Å². The first-order valence-corrected chi connectivity index (χ1v) is 11.9. The van der Waals surface area contributed by atoms with Crippen LogP contribution >= 0.6 is 0 Å². The molecule has 1 aliphatic rings. The number of hydrogen-bond acceptors (Lipinski definition) is 4. The van der Waals surface area contributed by atoms with Crippen molar-refractivity contribution >= 4 is 11.8 Å². The first-order valence-electron chi connectivity index (χ1n) is 11.9. The number of nitrogens with zero attached hydrogens (tertiary/aromatic N) is 1. The average Bonchev–Trinajstić information content (AvgIpc) is 3.30. The van der Waals surface area contributed by atoms with Gasteiger partial charge in [0.25, 0.3) is 5.91 Å². The van der Waals surface area contributed by atoms with Gasteiger partial charge in [0.15, 0.2) is 5.76 Å². The number of benzene rings is 2. The van der Waals surface area contributed by atoms with Gasteiger partial charge in [-0.25, -0.2) is 0 Å². The first-order chi connectivity index (χ1) is 16.4. The highest BCUT2D eigenvalue weighted by Gasteiger charge is 2.31. The third kappa shape index (κ3) is 5.16. The minimum atomic E-state index is -0.239. The van der Waals surface area contributed by atoms with E-state index in [4.69, 9.17) is 9.15 Å². The lowest BCUT2D eigenvalue weighted by molar-refractivity contribution is -0.132. The van der Waals surface area contributed by atoms with Gasteiger partial charge in [-0.3, -0.25) is 9.59 Å². The summed E-state index contributed by atoms with van der Waals surface area (Å²) in [7, 11) is 0. The molecular formula is C28H32N2O4. The fourth-order valence-electron chi connectivity index (χ4n) is 4.42. The molecule has 4 rings (SSSR count). The Labute approximate surface area is 200 Å². The van der Waals surface area contributed by atoms with Crippen molar-refractivity contribution in [2.75, 3.05) is 6.54 Å². The van der Waals surface area contributed by atoms with Gasteiger partial charge in [0.05, 0.1) is 6.04 Å². The smallest absolute Gasteiger partial charge is 0.287 e. The lowest BCUT2D eigenvalue weighted by atomic mass is 9.87. The van der Waals surface area contributed by atoms with Gasteiger partial charge >= 0.3 is 0 Å². The molecule has 178 valence electrons. The van der Waals surface area contributed by atoms with E-state index in [1.165, 1.54) is 5.56 Å². The molecule has 6 nitrogen and oxygen atoms in total. The number of nitrogens with one attached hydrogen (secondary N) is 1. The summed E-state index contributed by atoms with van der Waals surface area (Å²) < 4.78 is 11.7. The van der Waals surface area contributed by atoms with E-state index in [9.17, 15) is 9.59 Å². The number of ether oxygens (including phenoxy) is 1. The predicted molar refractivity (Wildman–Crippen MR) is 131 cm³/mol. The third-order valence-corrected chi connectivity index (χ3v) is 6.01. The Kier molecular flexibility index (Phi) is 7.06. The first kappa shape index (κ1) is 23.6. The Bertz CT molecular complexity index is 1180. The molecule has 0 fully saturated rings. The number of amides is 2. The Morgan fingerprint density at radius 2 is 1.97 bits per heavy atom. The minimum absolute atomic E-state index is 0.0355. The highest BCUT2D eigenvalue weighted by molar-refractivity contribution is 5.91. The SMILES string of the molecule is CCC(=O)N1CCc2ccc(OCc3ccc(C(=O)NC(C)C)o3)cc2[C@@H]1c1cccc(C)c1. The van der Waals surface area contributed by atoms with Crippen LogP contribution in [0.1, 0.15) is 71.8 Å². The van der Waals surface area contributed by atoms with Crippen molar-refractivity contribution in [3.8, 4) is 5.75 Å². The fourth-order valence-corrected chi connectivity index (χ4v) is 4.42. The van der Waals surface area contributed by atoms with Crippen molar-refractivity contribution < 1.29 is 18.7 Å². The molecule has 0 saturated heterocycles. The topological polar surface area (TPSA) is 71.8 Å². The maximum atomic E-state index is 12.8. The van der Waals surface area contributed by atoms with Gasteiger partial charge in [0, 0.05) is 19.0 Å². The Balaban J connectivity index is 1.58. The van der Waals surface area contributed by atoms with Gasteiger partial charge in [0.1, 0.15) is 18.1 Å². The van der Waals surface area contributed by atoms with E-state index in [0.717, 1.165) is 23.1 Å². The van der Waals surface area contributed by atoms with Gasteiger partial charge < -0.3 is 19.4 Å². The second-order valence-electron chi connectivity index (χ2n) is 9.05. The highest BCUT2D eigenvalue weighted by atomic mass is 16.5. The molecule has 1 aromatic heterocycles. The van der Waals surface area contributed by atoms with Gasteiger partial charge in [-0.15, -0.1) is 0 Å². The van der Waals surface area contributed by atoms with E-state index in [1.807, 2.05) is 43.9 Å². The zero-order chi connectivity index (χ0) is 24.2. The van der Waals surface area contributed by atoms with Crippen LogP contribution in [0.5, 0.6) is 5.75 Å². The van der Waals surface area contributed by atoms with E-state index in [0.29, 0.717) is 24.5 Å². The normalized spacial score (nSPS) is 15.2. The fraction of sp³-hybridized carbons (Fsp3) is 0.357. The lowest BCUT2D eigenvalue weighted by Gasteiger charge is -2.38. The summed E-state index contributed by atoms with van der Waals surface area (Å²) in [5, 5.41) is 2.82. The molecule has 1 N–H and O–H groups in total. The molecule has 2 heterocycles. The third-order valence-electron chi connectivity index (χ3n) is 6.01. The molecule has 0 unspecified atom stereocenters. The molecule has 34 heavy (non-hydrogen) atoms. The molecule has 0 saturated carbocycles. The number of fused-ring (bicyclic) bond motifs is 1. The minimum Gasteiger partial charge on any atom is -0.486 e. The van der Waals surface area contributed by atoms with E-state index >= 15 is 0 Å². The highest BCUT2D eigenvalue weighted by Crippen LogP contribution is 2.38. The molecule has 0 spiro atoms. The molecule has 0 bridgehead atoms. The molecule has 2 amide bonds. The average molecular weight is 461 g/mol. The lowest BCUT2D eigenvalue weighted by Crippen LogP contribution is -2.40. The van der Waals surface area contributed by atoms with Crippen LogP contribution in [0.3, 0.4) is 0 Å². The number of furan rings is 1. The van der Waals surface area contributed by atoms with Crippen LogP contribution in [-0.4, -0.2) is 29.3 Å². The maximum Gasteiger partial charge on any atom is 0.287 e. The molecular weight excluding hydrogens is 428 g/mol. The van der Waals surface area contributed by atoms with Crippen LogP contribution in [0.15, 0.2) is 59.0 Å². The molecule has 0 radical (unpaired) electrons. The zero-order valence-corrected chi connectivity index (χ0v) is 20.3. The molecule has 6 heteroatoms. The largest absolute Gasteiger partial charge is 0.486 e. The van der Waals surface area contributed by atoms with Crippen LogP contribution in [0.4, 0.5) is 0 Å². The second kappa shape index (κ2) is 10.2. The van der Waals surface area contributed by atoms with Crippen LogP contribution in [0, 0.1) is 6.92 Å². The van der Waals surface area contributed by atoms with Crippen molar-refractivity contribution in [2.45, 2.75) is 59.2 Å². The quantitative estimate of drug-likeness (QED) is 0.527. The molecule has 3 aromatic rings. The monoisotopic (exact) mass is 460 g/mol. The van der Waals surface area contributed by atoms with E-state index in [2.05, 4.69) is 36.5 Å². The summed E-state index contributed by atoms with van der Waals surface area (Å²) in [4.78, 5) is 26.9. The summed E-state index contributed by atoms with van der Waals surface area (Å²) in [6.07, 6.45) is 1.29. The van der Waals surface area contributed by atoms with E-state index in [-0.39, 0.29) is 36.3 Å². The summed E-state index contributed by atoms with van der Waals surface area (Å²) in [5.41, 5.74) is 4.58. The van der Waals surface area contributed by atoms with Crippen molar-refractivity contribution in [1.82, 2.24) is 10.2 Å². The van der Waals surface area contributed by atoms with Gasteiger partial charge in [-0.2, -0.15) is 0 Å². The molecule has 1 atom stereocenters. The summed E-state index contributed by atoms with van der Waals surface area (Å²) in [5.74, 6) is 1.45. The second-order valence-corrected chi connectivity index (χ2v) is 9.05. The molecule has 1 aliphatic heterocycles. The summed E-state index contributed by atoms with van der Waals surface area (Å²) >= 11 is 0. The van der Waals surface area contributed by atoms with Crippen molar-refractivity contribution in [3.63, 3.8) is 0 Å². The van der Waals surface area contributed by atoms with Gasteiger partial charge in [-0.1, -0.05) is 42.8 Å². The number of carbonyl (C=O) groups excluding carboxylic acids is 2. The Hall–Kier alpha value is -3.54. The number of rotatable bonds is 7. The van der Waals surface area contributed by atoms with Crippen molar-refractivity contribution in [2.24, 2.45) is 0 Å². The number of carbonyl (C=O) groups is 2. The maximum absolute atomic E-state index is 12.8. The molecule has 0 aliphatic carbocycles. The van der Waals surface area contributed by atoms with E-state index < -0.39 is 0 Å². The van der Waals surface area contributed by atoms with Crippen LogP contribution in [0.25, 0.3) is 0 Å². The van der Waals surface area contributed by atoms with Crippen LogP contribution < -0.4 is 10.1 Å². The predicted octanol–water partition coefficient (Wildman–Crippen LogP) is 5.19. The summed E-state index contributed by atoms with van der Waals surface area (Å²) in [6.45, 7) is 8.69. The van der Waals surface area contributed by atoms with Crippen LogP contribution in [0.2, 0.25) is 0 Å². The molecule has 2 aromatic carbocycles. The summed E-state index contributed by atoms with van der Waals surface area (Å²) in [6, 6.07) is 17.7. The number of aryl methyl sites for hydroxylation is 1. The van der Waals surface area contributed by atoms with Crippen molar-refractivity contribution in [3.05, 3.63) is 88.4 Å².